The summed E-state index contributed by atoms with van der Waals surface area (Å²) in [7, 11) is 0. The predicted molar refractivity (Wildman–Crippen MR) is 83.3 cm³/mol. The molecule has 0 bridgehead atoms. The minimum absolute atomic E-state index is 0.263. The smallest absolute Gasteiger partial charge is 0.243 e. The molecule has 0 amide bonds. The van der Waals surface area contributed by atoms with Crippen LogP contribution in [0.3, 0.4) is 0 Å². The molecule has 0 fully saturated rings. The van der Waals surface area contributed by atoms with Crippen molar-refractivity contribution in [2.45, 2.75) is 25.8 Å². The lowest BCUT2D eigenvalue weighted by Gasteiger charge is -2.12. The summed E-state index contributed by atoms with van der Waals surface area (Å²) >= 11 is 0. The van der Waals surface area contributed by atoms with Crippen LogP contribution in [0.15, 0.2) is 36.5 Å². The average Bonchev–Trinajstić information content (AvgIpc) is 3.02. The Hall–Kier alpha value is -2.56. The van der Waals surface area contributed by atoms with Gasteiger partial charge in [-0.25, -0.2) is 4.52 Å². The van der Waals surface area contributed by atoms with E-state index in [4.69, 9.17) is 5.73 Å². The van der Waals surface area contributed by atoms with E-state index in [0.717, 1.165) is 24.2 Å². The SMILES string of the molecule is Cc1ccc2nc(NC3CCc4cc(N)ccc43)nn2c1. The zero-order chi connectivity index (χ0) is 14.4. The van der Waals surface area contributed by atoms with E-state index < -0.39 is 0 Å². The summed E-state index contributed by atoms with van der Waals surface area (Å²) in [5, 5.41) is 7.94. The fourth-order valence-electron chi connectivity index (χ4n) is 2.99. The summed E-state index contributed by atoms with van der Waals surface area (Å²) in [6, 6.07) is 10.4. The molecule has 106 valence electrons. The summed E-state index contributed by atoms with van der Waals surface area (Å²) in [5.41, 5.74) is 11.3. The number of nitrogens with one attached hydrogen (secondary N) is 1. The summed E-state index contributed by atoms with van der Waals surface area (Å²) < 4.78 is 1.82. The third kappa shape index (κ3) is 2.11. The van der Waals surface area contributed by atoms with E-state index in [2.05, 4.69) is 27.5 Å². The lowest BCUT2D eigenvalue weighted by atomic mass is 10.1. The Morgan fingerprint density at radius 2 is 2.19 bits per heavy atom. The summed E-state index contributed by atoms with van der Waals surface area (Å²) in [6.07, 6.45) is 4.08. The van der Waals surface area contributed by atoms with E-state index in [1.807, 2.05) is 35.8 Å². The molecule has 5 nitrogen and oxygen atoms in total. The monoisotopic (exact) mass is 279 g/mol. The van der Waals surface area contributed by atoms with Crippen molar-refractivity contribution in [2.24, 2.45) is 0 Å². The summed E-state index contributed by atoms with van der Waals surface area (Å²) in [6.45, 7) is 2.05. The largest absolute Gasteiger partial charge is 0.399 e. The van der Waals surface area contributed by atoms with Gasteiger partial charge in [0, 0.05) is 11.9 Å². The molecule has 3 aromatic rings. The summed E-state index contributed by atoms with van der Waals surface area (Å²) in [5.74, 6) is 0.676. The maximum atomic E-state index is 5.85. The van der Waals surface area contributed by atoms with Crippen LogP contribution in [0.1, 0.15) is 29.2 Å². The maximum absolute atomic E-state index is 5.85. The highest BCUT2D eigenvalue weighted by Gasteiger charge is 2.23. The maximum Gasteiger partial charge on any atom is 0.243 e. The number of hydrogen-bond acceptors (Lipinski definition) is 4. The van der Waals surface area contributed by atoms with Gasteiger partial charge in [-0.3, -0.25) is 0 Å². The first-order valence-corrected chi connectivity index (χ1v) is 7.17. The Labute approximate surface area is 122 Å². The van der Waals surface area contributed by atoms with Crippen molar-refractivity contribution >= 4 is 17.3 Å². The van der Waals surface area contributed by atoms with Gasteiger partial charge in [-0.15, -0.1) is 5.10 Å². The van der Waals surface area contributed by atoms with Gasteiger partial charge in [0.15, 0.2) is 5.65 Å². The van der Waals surface area contributed by atoms with Crippen molar-refractivity contribution in [3.8, 4) is 0 Å². The molecule has 0 saturated heterocycles. The van der Waals surface area contributed by atoms with Gasteiger partial charge in [-0.05, 0) is 54.7 Å². The van der Waals surface area contributed by atoms with Gasteiger partial charge in [-0.2, -0.15) is 4.98 Å². The Bertz CT molecular complexity index is 821. The quantitative estimate of drug-likeness (QED) is 0.708. The van der Waals surface area contributed by atoms with E-state index in [0.29, 0.717) is 5.95 Å². The van der Waals surface area contributed by atoms with Crippen LogP contribution in [0.2, 0.25) is 0 Å². The van der Waals surface area contributed by atoms with Crippen molar-refractivity contribution in [3.63, 3.8) is 0 Å². The molecule has 2 heterocycles. The number of aryl methyl sites for hydroxylation is 2. The molecule has 3 N–H and O–H groups in total. The average molecular weight is 279 g/mol. The van der Waals surface area contributed by atoms with E-state index in [9.17, 15) is 0 Å². The van der Waals surface area contributed by atoms with Crippen molar-refractivity contribution in [1.29, 1.82) is 0 Å². The molecule has 0 saturated carbocycles. The van der Waals surface area contributed by atoms with Crippen LogP contribution in [0.5, 0.6) is 0 Å². The van der Waals surface area contributed by atoms with Crippen LogP contribution in [0.25, 0.3) is 5.65 Å². The highest BCUT2D eigenvalue weighted by atomic mass is 15.3. The molecule has 1 unspecified atom stereocenters. The Kier molecular flexibility index (Phi) is 2.60. The van der Waals surface area contributed by atoms with Crippen molar-refractivity contribution in [3.05, 3.63) is 53.2 Å². The Morgan fingerprint density at radius 1 is 1.29 bits per heavy atom. The van der Waals surface area contributed by atoms with Gasteiger partial charge in [0.05, 0.1) is 6.04 Å². The zero-order valence-electron chi connectivity index (χ0n) is 11.9. The Balaban J connectivity index is 1.64. The first-order valence-electron chi connectivity index (χ1n) is 7.17. The highest BCUT2D eigenvalue weighted by molar-refractivity contribution is 5.51. The first-order chi connectivity index (χ1) is 10.2. The fraction of sp³-hybridized carbons (Fsp3) is 0.250. The molecule has 2 aromatic heterocycles. The van der Waals surface area contributed by atoms with Gasteiger partial charge < -0.3 is 11.1 Å². The van der Waals surface area contributed by atoms with Crippen LogP contribution in [-0.2, 0) is 6.42 Å². The van der Waals surface area contributed by atoms with Gasteiger partial charge in [0.1, 0.15) is 0 Å². The van der Waals surface area contributed by atoms with Crippen LogP contribution in [0, 0.1) is 6.92 Å². The molecule has 4 rings (SSSR count). The minimum Gasteiger partial charge on any atom is -0.399 e. The fourth-order valence-corrected chi connectivity index (χ4v) is 2.99. The molecule has 0 radical (unpaired) electrons. The van der Waals surface area contributed by atoms with Gasteiger partial charge in [-0.1, -0.05) is 12.1 Å². The topological polar surface area (TPSA) is 68.2 Å². The van der Waals surface area contributed by atoms with E-state index in [-0.39, 0.29) is 6.04 Å². The number of rotatable bonds is 2. The third-order valence-corrected chi connectivity index (χ3v) is 4.03. The second-order valence-electron chi connectivity index (χ2n) is 5.64. The van der Waals surface area contributed by atoms with E-state index >= 15 is 0 Å². The molecule has 1 aliphatic rings. The second-order valence-corrected chi connectivity index (χ2v) is 5.64. The van der Waals surface area contributed by atoms with Gasteiger partial charge in [0.25, 0.3) is 0 Å². The second kappa shape index (κ2) is 4.48. The van der Waals surface area contributed by atoms with Crippen molar-refractivity contribution < 1.29 is 0 Å². The molecule has 0 aliphatic heterocycles. The molecular weight excluding hydrogens is 262 g/mol. The van der Waals surface area contributed by atoms with Crippen LogP contribution < -0.4 is 11.1 Å². The predicted octanol–water partition coefficient (Wildman–Crippen LogP) is 2.72. The number of nitrogens with zero attached hydrogens (tertiary/aromatic N) is 3. The zero-order valence-corrected chi connectivity index (χ0v) is 11.9. The Morgan fingerprint density at radius 3 is 3.10 bits per heavy atom. The van der Waals surface area contributed by atoms with Gasteiger partial charge >= 0.3 is 0 Å². The lowest BCUT2D eigenvalue weighted by molar-refractivity contribution is 0.750. The number of nitrogen functional groups attached to an aromatic ring is 1. The number of fused-ring (bicyclic) bond motifs is 2. The van der Waals surface area contributed by atoms with Crippen LogP contribution in [0.4, 0.5) is 11.6 Å². The molecule has 0 spiro atoms. The third-order valence-electron chi connectivity index (χ3n) is 4.03. The van der Waals surface area contributed by atoms with E-state index in [1.54, 1.807) is 0 Å². The first kappa shape index (κ1) is 12.2. The molecule has 21 heavy (non-hydrogen) atoms. The minimum atomic E-state index is 0.263. The summed E-state index contributed by atoms with van der Waals surface area (Å²) in [4.78, 5) is 4.52. The molecule has 1 aliphatic carbocycles. The molecule has 5 heteroatoms. The number of benzene rings is 1. The number of pyridine rings is 1. The molecule has 1 aromatic carbocycles. The van der Waals surface area contributed by atoms with Crippen LogP contribution >= 0.6 is 0 Å². The number of hydrogen-bond donors (Lipinski definition) is 2. The molecule has 1 atom stereocenters. The number of aromatic nitrogens is 3. The lowest BCUT2D eigenvalue weighted by Crippen LogP contribution is -2.08. The highest BCUT2D eigenvalue weighted by Crippen LogP contribution is 2.34. The van der Waals surface area contributed by atoms with Crippen molar-refractivity contribution in [2.75, 3.05) is 11.1 Å². The number of nitrogens with two attached hydrogens (primary N) is 1. The standard InChI is InChI=1S/C16H17N5/c1-10-2-7-15-19-16(20-21(15)9-10)18-14-6-3-11-8-12(17)4-5-13(11)14/h2,4-5,7-9,14H,3,6,17H2,1H3,(H,18,20). The van der Waals surface area contributed by atoms with Crippen molar-refractivity contribution in [1.82, 2.24) is 14.6 Å². The van der Waals surface area contributed by atoms with Gasteiger partial charge in [0.2, 0.25) is 5.95 Å². The van der Waals surface area contributed by atoms with E-state index in [1.165, 1.54) is 16.7 Å². The normalized spacial score (nSPS) is 17.1. The van der Waals surface area contributed by atoms with Crippen LogP contribution in [-0.4, -0.2) is 14.6 Å². The molecular formula is C16H17N5. The number of anilines is 2.